The second-order valence-electron chi connectivity index (χ2n) is 8.00. The largest absolute Gasteiger partial charge is 0.366 e. The highest BCUT2D eigenvalue weighted by molar-refractivity contribution is 6.42. The molecule has 0 spiro atoms. The van der Waals surface area contributed by atoms with Gasteiger partial charge in [0.2, 0.25) is 0 Å². The molecule has 1 aliphatic rings. The first-order valence-electron chi connectivity index (χ1n) is 10.4. The molecule has 2 N–H and O–H groups in total. The van der Waals surface area contributed by atoms with E-state index in [0.29, 0.717) is 40.5 Å². The summed E-state index contributed by atoms with van der Waals surface area (Å²) in [7, 11) is 3.94. The van der Waals surface area contributed by atoms with Gasteiger partial charge in [-0.25, -0.2) is 9.97 Å². The summed E-state index contributed by atoms with van der Waals surface area (Å²) < 4.78 is 0. The summed E-state index contributed by atoms with van der Waals surface area (Å²) >= 11 is 12.1. The van der Waals surface area contributed by atoms with Crippen LogP contribution in [-0.2, 0) is 12.8 Å². The van der Waals surface area contributed by atoms with Crippen molar-refractivity contribution < 1.29 is 0 Å². The second kappa shape index (κ2) is 10.4. The first-order valence-corrected chi connectivity index (χ1v) is 11.1. The lowest BCUT2D eigenvalue weighted by Gasteiger charge is -2.32. The van der Waals surface area contributed by atoms with E-state index in [4.69, 9.17) is 33.6 Å². The van der Waals surface area contributed by atoms with Crippen LogP contribution >= 0.6 is 23.2 Å². The number of halogens is 2. The molecule has 1 aromatic heterocycles. The zero-order valence-electron chi connectivity index (χ0n) is 17.9. The van der Waals surface area contributed by atoms with E-state index in [1.165, 1.54) is 13.0 Å². The van der Waals surface area contributed by atoms with Crippen molar-refractivity contribution in [1.82, 2.24) is 14.9 Å². The van der Waals surface area contributed by atoms with Crippen molar-refractivity contribution in [2.24, 2.45) is 0 Å². The summed E-state index contributed by atoms with van der Waals surface area (Å²) in [5.41, 5.74) is 1.49. The van der Waals surface area contributed by atoms with Gasteiger partial charge in [0.05, 0.1) is 10.0 Å². The van der Waals surface area contributed by atoms with E-state index in [0.717, 1.165) is 36.7 Å². The lowest BCUT2D eigenvalue weighted by atomic mass is 10.1. The number of likely N-dealkylation sites (tertiary alicyclic amines) is 1. The highest BCUT2D eigenvalue weighted by atomic mass is 35.5. The maximum absolute atomic E-state index is 8.44. The summed E-state index contributed by atoms with van der Waals surface area (Å²) in [4.78, 5) is 13.8. The van der Waals surface area contributed by atoms with Crippen molar-refractivity contribution in [1.29, 1.82) is 5.41 Å². The first kappa shape index (κ1) is 22.8. The molecule has 2 aromatic rings. The van der Waals surface area contributed by atoms with Crippen LogP contribution in [0.25, 0.3) is 0 Å². The molecule has 30 heavy (non-hydrogen) atoms. The van der Waals surface area contributed by atoms with Crippen LogP contribution in [-0.4, -0.2) is 60.4 Å². The monoisotopic (exact) mass is 448 g/mol. The summed E-state index contributed by atoms with van der Waals surface area (Å²) in [6, 6.07) is 7.84. The minimum Gasteiger partial charge on any atom is -0.366 e. The predicted octanol–water partition coefficient (Wildman–Crippen LogP) is 4.55. The zero-order chi connectivity index (χ0) is 21.7. The number of nitrogens with zero attached hydrogens (tertiary/aromatic N) is 4. The summed E-state index contributed by atoms with van der Waals surface area (Å²) in [6.07, 6.45) is 3.21. The number of benzene rings is 1. The summed E-state index contributed by atoms with van der Waals surface area (Å²) in [5, 5.41) is 13.1. The normalized spacial score (nSPS) is 17.0. The standard InChI is InChI=1S/C22H30Cl2N6/c1-4-30-9-5-6-17(14-30)26-21-13-22(29(2)3)28-20(27-21)12-16(25)10-15-7-8-18(23)19(24)11-15/h7-8,11,13,17,25H,4-6,9-10,12,14H2,1-3H3,(H,26,27,28). The van der Waals surface area contributed by atoms with Crippen LogP contribution in [0.2, 0.25) is 10.0 Å². The number of rotatable bonds is 8. The molecular weight excluding hydrogens is 419 g/mol. The number of aromatic nitrogens is 2. The number of nitrogens with one attached hydrogen (secondary N) is 2. The Labute approximate surface area is 189 Å². The van der Waals surface area contributed by atoms with Crippen LogP contribution in [0.15, 0.2) is 24.3 Å². The fourth-order valence-corrected chi connectivity index (χ4v) is 4.00. The molecule has 1 unspecified atom stereocenters. The topological polar surface area (TPSA) is 68.1 Å². The lowest BCUT2D eigenvalue weighted by molar-refractivity contribution is 0.226. The first-order chi connectivity index (χ1) is 14.3. The molecule has 0 aliphatic carbocycles. The Bertz CT molecular complexity index is 886. The number of likely N-dealkylation sites (N-methyl/N-ethyl adjacent to an activating group) is 1. The molecule has 1 fully saturated rings. The molecule has 2 heterocycles. The van der Waals surface area contributed by atoms with Crippen molar-refractivity contribution in [2.45, 2.75) is 38.6 Å². The van der Waals surface area contributed by atoms with Gasteiger partial charge in [0, 0.05) is 51.3 Å². The smallest absolute Gasteiger partial charge is 0.138 e. The zero-order valence-corrected chi connectivity index (χ0v) is 19.4. The van der Waals surface area contributed by atoms with Gasteiger partial charge in [-0.2, -0.15) is 0 Å². The van der Waals surface area contributed by atoms with Crippen LogP contribution in [0.3, 0.4) is 0 Å². The van der Waals surface area contributed by atoms with Crippen LogP contribution in [0, 0.1) is 5.41 Å². The number of anilines is 2. The van der Waals surface area contributed by atoms with E-state index in [-0.39, 0.29) is 0 Å². The molecule has 1 atom stereocenters. The fourth-order valence-electron chi connectivity index (χ4n) is 3.68. The van der Waals surface area contributed by atoms with Crippen molar-refractivity contribution in [3.63, 3.8) is 0 Å². The van der Waals surface area contributed by atoms with Crippen molar-refractivity contribution in [3.05, 3.63) is 45.7 Å². The minimum atomic E-state index is 0.382. The van der Waals surface area contributed by atoms with Crippen LogP contribution < -0.4 is 10.2 Å². The van der Waals surface area contributed by atoms with Gasteiger partial charge in [0.25, 0.3) is 0 Å². The summed E-state index contributed by atoms with van der Waals surface area (Å²) in [5.74, 6) is 2.32. The van der Waals surface area contributed by atoms with Gasteiger partial charge in [-0.1, -0.05) is 36.2 Å². The van der Waals surface area contributed by atoms with E-state index in [1.54, 1.807) is 6.07 Å². The number of hydrogen-bond donors (Lipinski definition) is 2. The maximum atomic E-state index is 8.44. The molecule has 1 aromatic carbocycles. The average molecular weight is 449 g/mol. The Morgan fingerprint density at radius 2 is 2.00 bits per heavy atom. The molecule has 0 saturated carbocycles. The van der Waals surface area contributed by atoms with Gasteiger partial charge in [0.15, 0.2) is 0 Å². The lowest BCUT2D eigenvalue weighted by Crippen LogP contribution is -2.42. The van der Waals surface area contributed by atoms with Crippen LogP contribution in [0.5, 0.6) is 0 Å². The van der Waals surface area contributed by atoms with E-state index in [9.17, 15) is 0 Å². The van der Waals surface area contributed by atoms with Gasteiger partial charge in [-0.05, 0) is 43.6 Å². The SMILES string of the molecule is CCN1CCCC(Nc2cc(N(C)C)nc(CC(=N)Cc3ccc(Cl)c(Cl)c3)n2)C1. The minimum absolute atomic E-state index is 0.382. The van der Waals surface area contributed by atoms with E-state index in [2.05, 4.69) is 22.1 Å². The van der Waals surface area contributed by atoms with Crippen molar-refractivity contribution in [3.8, 4) is 0 Å². The van der Waals surface area contributed by atoms with Gasteiger partial charge < -0.3 is 20.5 Å². The van der Waals surface area contributed by atoms with Crippen LogP contribution in [0.4, 0.5) is 11.6 Å². The molecule has 0 radical (unpaired) electrons. The maximum Gasteiger partial charge on any atom is 0.138 e. The summed E-state index contributed by atoms with van der Waals surface area (Å²) in [6.45, 7) is 5.47. The van der Waals surface area contributed by atoms with Crippen LogP contribution in [0.1, 0.15) is 31.2 Å². The Balaban J connectivity index is 1.71. The van der Waals surface area contributed by atoms with Crippen molar-refractivity contribution >= 4 is 40.5 Å². The van der Waals surface area contributed by atoms with Gasteiger partial charge >= 0.3 is 0 Å². The number of hydrogen-bond acceptors (Lipinski definition) is 6. The predicted molar refractivity (Wildman–Crippen MR) is 127 cm³/mol. The molecule has 6 nitrogen and oxygen atoms in total. The van der Waals surface area contributed by atoms with Gasteiger partial charge in [-0.15, -0.1) is 0 Å². The fraction of sp³-hybridized carbons (Fsp3) is 0.500. The molecule has 0 bridgehead atoms. The third kappa shape index (κ3) is 6.30. The molecule has 1 aliphatic heterocycles. The van der Waals surface area contributed by atoms with Gasteiger partial charge in [-0.3, -0.25) is 0 Å². The molecule has 162 valence electrons. The second-order valence-corrected chi connectivity index (χ2v) is 8.82. The van der Waals surface area contributed by atoms with Crippen molar-refractivity contribution in [2.75, 3.05) is 43.9 Å². The quantitative estimate of drug-likeness (QED) is 0.579. The molecule has 3 rings (SSSR count). The molecule has 0 amide bonds. The van der Waals surface area contributed by atoms with E-state index >= 15 is 0 Å². The third-order valence-corrected chi connectivity index (χ3v) is 6.03. The Morgan fingerprint density at radius 1 is 1.20 bits per heavy atom. The van der Waals surface area contributed by atoms with E-state index in [1.807, 2.05) is 37.2 Å². The Kier molecular flexibility index (Phi) is 7.92. The highest BCUT2D eigenvalue weighted by Gasteiger charge is 2.19. The third-order valence-electron chi connectivity index (χ3n) is 5.29. The average Bonchev–Trinajstić information content (AvgIpc) is 2.70. The molecule has 8 heteroatoms. The molecule has 1 saturated heterocycles. The molecular formula is C22H30Cl2N6. The highest BCUT2D eigenvalue weighted by Crippen LogP contribution is 2.23. The Hall–Kier alpha value is -1.89. The van der Waals surface area contributed by atoms with E-state index < -0.39 is 0 Å². The Morgan fingerprint density at radius 3 is 2.70 bits per heavy atom. The van der Waals surface area contributed by atoms with Gasteiger partial charge in [0.1, 0.15) is 17.5 Å². The number of piperidine rings is 1.